The fourth-order valence-electron chi connectivity index (χ4n) is 1.74. The topological polar surface area (TPSA) is 56.8 Å². The number of benzene rings is 1. The Labute approximate surface area is 141 Å². The smallest absolute Gasteiger partial charge is 0.439 e. The molecule has 0 spiro atoms. The van der Waals surface area contributed by atoms with Gasteiger partial charge in [0, 0.05) is 5.54 Å². The molecule has 1 atom stereocenters. The molecule has 0 aliphatic rings. The molecule has 0 aliphatic carbocycles. The molecule has 0 saturated carbocycles. The van der Waals surface area contributed by atoms with Gasteiger partial charge in [0.05, 0.1) is 6.61 Å². The molecule has 0 heterocycles. The van der Waals surface area contributed by atoms with Gasteiger partial charge in [0.2, 0.25) is 0 Å². The normalized spacial score (nSPS) is 13.5. The van der Waals surface area contributed by atoms with Crippen molar-refractivity contribution in [1.29, 1.82) is 0 Å². The molecular formula is C15H18F5NO4. The van der Waals surface area contributed by atoms with E-state index in [0.29, 0.717) is 0 Å². The van der Waals surface area contributed by atoms with Crippen molar-refractivity contribution < 1.29 is 41.0 Å². The highest BCUT2D eigenvalue weighted by molar-refractivity contribution is 5.68. The van der Waals surface area contributed by atoms with Crippen molar-refractivity contribution in [3.05, 3.63) is 29.8 Å². The second kappa shape index (κ2) is 8.32. The Morgan fingerprint density at radius 3 is 2.36 bits per heavy atom. The van der Waals surface area contributed by atoms with Gasteiger partial charge in [-0.15, -0.1) is 13.2 Å². The third kappa shape index (κ3) is 9.08. The Balaban J connectivity index is 2.95. The van der Waals surface area contributed by atoms with Crippen LogP contribution in [0.15, 0.2) is 24.3 Å². The summed E-state index contributed by atoms with van der Waals surface area (Å²) in [5, 5.41) is 2.44. The van der Waals surface area contributed by atoms with Gasteiger partial charge < -0.3 is 19.5 Å². The lowest BCUT2D eigenvalue weighted by Gasteiger charge is -2.24. The minimum atomic E-state index is -4.92. The van der Waals surface area contributed by atoms with Crippen molar-refractivity contribution in [3.8, 4) is 5.75 Å². The van der Waals surface area contributed by atoms with E-state index in [0.717, 1.165) is 12.1 Å². The Morgan fingerprint density at radius 2 is 1.84 bits per heavy atom. The standard InChI is InChI=1S/C15H18F5NO4/c1-14(2,3)21-13(22)24-11(8-23-12(16)17)9-5-4-6-10(7-9)25-15(18,19)20/h4-7,11-12H,8H2,1-3H3,(H,21,22)/t11-/m0/s1. The van der Waals surface area contributed by atoms with Gasteiger partial charge >= 0.3 is 19.1 Å². The summed E-state index contributed by atoms with van der Waals surface area (Å²) in [5.74, 6) is -0.577. The average molecular weight is 371 g/mol. The second-order valence-corrected chi connectivity index (χ2v) is 5.98. The molecule has 1 rings (SSSR count). The fraction of sp³-hybridized carbons (Fsp3) is 0.533. The van der Waals surface area contributed by atoms with Gasteiger partial charge in [0.1, 0.15) is 5.75 Å². The molecule has 5 nitrogen and oxygen atoms in total. The van der Waals surface area contributed by atoms with Crippen LogP contribution in [-0.2, 0) is 9.47 Å². The molecule has 1 aromatic rings. The summed E-state index contributed by atoms with van der Waals surface area (Å²) in [6.45, 7) is 1.11. The molecule has 0 radical (unpaired) electrons. The van der Waals surface area contributed by atoms with E-state index >= 15 is 0 Å². The lowest BCUT2D eigenvalue weighted by atomic mass is 10.1. The summed E-state index contributed by atoms with van der Waals surface area (Å²) in [6, 6.07) is 4.46. The van der Waals surface area contributed by atoms with Crippen molar-refractivity contribution in [2.24, 2.45) is 0 Å². The van der Waals surface area contributed by atoms with Crippen LogP contribution in [0.3, 0.4) is 0 Å². The maximum atomic E-state index is 12.3. The van der Waals surface area contributed by atoms with Crippen molar-refractivity contribution in [3.63, 3.8) is 0 Å². The first-order chi connectivity index (χ1) is 11.4. The summed E-state index contributed by atoms with van der Waals surface area (Å²) < 4.78 is 74.3. The number of alkyl carbamates (subject to hydrolysis) is 1. The van der Waals surface area contributed by atoms with Gasteiger partial charge in [-0.1, -0.05) is 12.1 Å². The Bertz CT molecular complexity index is 572. The van der Waals surface area contributed by atoms with Gasteiger partial charge in [-0.05, 0) is 38.5 Å². The summed E-state index contributed by atoms with van der Waals surface area (Å²) in [4.78, 5) is 11.8. The van der Waals surface area contributed by atoms with Crippen LogP contribution in [0.4, 0.5) is 26.7 Å². The largest absolute Gasteiger partial charge is 0.573 e. The number of carbonyl (C=O) groups excluding carboxylic acids is 1. The molecule has 1 N–H and O–H groups in total. The first-order valence-electron chi connectivity index (χ1n) is 7.10. The number of nitrogens with one attached hydrogen (secondary N) is 1. The average Bonchev–Trinajstić information content (AvgIpc) is 2.39. The predicted octanol–water partition coefficient (Wildman–Crippen LogP) is 4.39. The Kier molecular flexibility index (Phi) is 6.97. The predicted molar refractivity (Wildman–Crippen MR) is 77.2 cm³/mol. The van der Waals surface area contributed by atoms with Gasteiger partial charge in [0.25, 0.3) is 0 Å². The van der Waals surface area contributed by atoms with E-state index in [9.17, 15) is 26.7 Å². The zero-order chi connectivity index (χ0) is 19.3. The van der Waals surface area contributed by atoms with Crippen LogP contribution in [0.1, 0.15) is 32.4 Å². The maximum Gasteiger partial charge on any atom is 0.573 e. The third-order valence-corrected chi connectivity index (χ3v) is 2.56. The van der Waals surface area contributed by atoms with Crippen LogP contribution >= 0.6 is 0 Å². The second-order valence-electron chi connectivity index (χ2n) is 5.98. The van der Waals surface area contributed by atoms with Gasteiger partial charge in [-0.25, -0.2) is 4.79 Å². The molecule has 1 amide bonds. The lowest BCUT2D eigenvalue weighted by Crippen LogP contribution is -2.41. The monoisotopic (exact) mass is 371 g/mol. The molecule has 0 saturated heterocycles. The molecule has 1 aromatic carbocycles. The van der Waals surface area contributed by atoms with Crippen molar-refractivity contribution >= 4 is 6.09 Å². The van der Waals surface area contributed by atoms with Gasteiger partial charge in [-0.3, -0.25) is 0 Å². The van der Waals surface area contributed by atoms with Gasteiger partial charge in [-0.2, -0.15) is 8.78 Å². The molecular weight excluding hydrogens is 353 g/mol. The SMILES string of the molecule is CC(C)(C)NC(=O)O[C@@H](COC(F)F)c1cccc(OC(F)(F)F)c1. The molecule has 0 unspecified atom stereocenters. The number of rotatable bonds is 6. The molecule has 0 aliphatic heterocycles. The van der Waals surface area contributed by atoms with Crippen molar-refractivity contribution in [2.45, 2.75) is 45.4 Å². The summed E-state index contributed by atoms with van der Waals surface area (Å²) >= 11 is 0. The number of carbonyl (C=O) groups is 1. The molecule has 142 valence electrons. The van der Waals surface area contributed by atoms with E-state index in [1.165, 1.54) is 12.1 Å². The van der Waals surface area contributed by atoms with Crippen LogP contribution in [-0.4, -0.2) is 31.2 Å². The number of hydrogen-bond donors (Lipinski definition) is 1. The van der Waals surface area contributed by atoms with Crippen LogP contribution in [0.5, 0.6) is 5.75 Å². The van der Waals surface area contributed by atoms with Crippen LogP contribution < -0.4 is 10.1 Å². The first-order valence-corrected chi connectivity index (χ1v) is 7.10. The van der Waals surface area contributed by atoms with Gasteiger partial charge in [0.15, 0.2) is 6.10 Å². The van der Waals surface area contributed by atoms with E-state index in [2.05, 4.69) is 14.8 Å². The Hall–Kier alpha value is -2.10. The molecule has 25 heavy (non-hydrogen) atoms. The molecule has 0 bridgehead atoms. The summed E-state index contributed by atoms with van der Waals surface area (Å²) in [5.41, 5.74) is -0.654. The number of ether oxygens (including phenoxy) is 3. The molecule has 0 aromatic heterocycles. The fourth-order valence-corrected chi connectivity index (χ4v) is 1.74. The minimum Gasteiger partial charge on any atom is -0.439 e. The maximum absolute atomic E-state index is 12.3. The molecule has 10 heteroatoms. The van der Waals surface area contributed by atoms with Crippen molar-refractivity contribution in [2.75, 3.05) is 6.61 Å². The van der Waals surface area contributed by atoms with Crippen LogP contribution in [0.25, 0.3) is 0 Å². The summed E-state index contributed by atoms with van der Waals surface area (Å²) in [6.07, 6.45) is -7.21. The van der Waals surface area contributed by atoms with E-state index in [-0.39, 0.29) is 5.56 Å². The van der Waals surface area contributed by atoms with Crippen LogP contribution in [0.2, 0.25) is 0 Å². The number of halogens is 5. The lowest BCUT2D eigenvalue weighted by molar-refractivity contribution is -0.274. The van der Waals surface area contributed by atoms with E-state index < -0.39 is 43.1 Å². The quantitative estimate of drug-likeness (QED) is 0.754. The first kappa shape index (κ1) is 20.9. The number of amides is 1. The zero-order valence-corrected chi connectivity index (χ0v) is 13.7. The number of hydrogen-bond acceptors (Lipinski definition) is 4. The van der Waals surface area contributed by atoms with E-state index in [1.54, 1.807) is 20.8 Å². The summed E-state index contributed by atoms with van der Waals surface area (Å²) in [7, 11) is 0. The third-order valence-electron chi connectivity index (χ3n) is 2.56. The molecule has 0 fully saturated rings. The zero-order valence-electron chi connectivity index (χ0n) is 13.7. The van der Waals surface area contributed by atoms with E-state index in [4.69, 9.17) is 4.74 Å². The van der Waals surface area contributed by atoms with E-state index in [1.807, 2.05) is 0 Å². The number of alkyl halides is 5. The minimum absolute atomic E-state index is 0.00598. The van der Waals surface area contributed by atoms with Crippen molar-refractivity contribution in [1.82, 2.24) is 5.32 Å². The van der Waals surface area contributed by atoms with Crippen LogP contribution in [0, 0.1) is 0 Å². The highest BCUT2D eigenvalue weighted by Gasteiger charge is 2.31. The highest BCUT2D eigenvalue weighted by Crippen LogP contribution is 2.27. The Morgan fingerprint density at radius 1 is 1.20 bits per heavy atom. The highest BCUT2D eigenvalue weighted by atomic mass is 19.4.